The van der Waals surface area contributed by atoms with Gasteiger partial charge in [0.25, 0.3) is 11.6 Å². The molecule has 7 heteroatoms. The summed E-state index contributed by atoms with van der Waals surface area (Å²) in [7, 11) is 1.75. The average molecular weight is 325 g/mol. The summed E-state index contributed by atoms with van der Waals surface area (Å²) >= 11 is 0. The zero-order chi connectivity index (χ0) is 16.7. The second-order valence-electron chi connectivity index (χ2n) is 5.69. The molecule has 0 saturated heterocycles. The van der Waals surface area contributed by atoms with E-state index >= 15 is 0 Å². The molecular weight excluding hydrogens is 310 g/mol. The van der Waals surface area contributed by atoms with Crippen LogP contribution in [0.3, 0.4) is 0 Å². The highest BCUT2D eigenvalue weighted by atomic mass is 16.7. The Balaban J connectivity index is 1.55. The van der Waals surface area contributed by atoms with Crippen LogP contribution < -0.4 is 9.47 Å². The SMILES string of the molecule is Cc1noc2ncc(C(=O)N(C)Cc3ccc4c(c3)OCO4)cc12. The topological polar surface area (TPSA) is 77.7 Å². The predicted molar refractivity (Wildman–Crippen MR) is 84.9 cm³/mol. The number of carbonyl (C=O) groups excluding carboxylic acids is 1. The number of benzene rings is 1. The number of hydrogen-bond acceptors (Lipinski definition) is 6. The van der Waals surface area contributed by atoms with Crippen molar-refractivity contribution in [2.24, 2.45) is 0 Å². The van der Waals surface area contributed by atoms with Crippen LogP contribution in [0.4, 0.5) is 0 Å². The summed E-state index contributed by atoms with van der Waals surface area (Å²) in [5.41, 5.74) is 2.61. The van der Waals surface area contributed by atoms with Gasteiger partial charge in [0.05, 0.1) is 16.6 Å². The van der Waals surface area contributed by atoms with E-state index < -0.39 is 0 Å². The zero-order valence-electron chi connectivity index (χ0n) is 13.3. The Labute approximate surface area is 137 Å². The van der Waals surface area contributed by atoms with Crippen LogP contribution in [0.1, 0.15) is 21.6 Å². The minimum absolute atomic E-state index is 0.123. The van der Waals surface area contributed by atoms with Gasteiger partial charge in [-0.25, -0.2) is 4.98 Å². The lowest BCUT2D eigenvalue weighted by Gasteiger charge is -2.17. The minimum atomic E-state index is -0.123. The maximum Gasteiger partial charge on any atom is 0.257 e. The molecular formula is C17H15N3O4. The molecule has 0 aliphatic carbocycles. The van der Waals surface area contributed by atoms with Gasteiger partial charge in [-0.3, -0.25) is 4.79 Å². The van der Waals surface area contributed by atoms with Crippen molar-refractivity contribution in [1.29, 1.82) is 0 Å². The first-order valence-corrected chi connectivity index (χ1v) is 7.48. The fourth-order valence-corrected chi connectivity index (χ4v) is 2.67. The Morgan fingerprint density at radius 2 is 2.08 bits per heavy atom. The lowest BCUT2D eigenvalue weighted by Crippen LogP contribution is -2.26. The van der Waals surface area contributed by atoms with E-state index in [1.807, 2.05) is 25.1 Å². The van der Waals surface area contributed by atoms with Crippen molar-refractivity contribution in [2.75, 3.05) is 13.8 Å². The van der Waals surface area contributed by atoms with Crippen LogP contribution in [0.25, 0.3) is 11.1 Å². The molecule has 1 aliphatic heterocycles. The number of nitrogens with zero attached hydrogens (tertiary/aromatic N) is 3. The van der Waals surface area contributed by atoms with Crippen LogP contribution in [0.2, 0.25) is 0 Å². The Bertz CT molecular complexity index is 935. The summed E-state index contributed by atoms with van der Waals surface area (Å²) in [5.74, 6) is 1.31. The summed E-state index contributed by atoms with van der Waals surface area (Å²) in [6, 6.07) is 7.41. The van der Waals surface area contributed by atoms with E-state index in [4.69, 9.17) is 14.0 Å². The van der Waals surface area contributed by atoms with Crippen LogP contribution >= 0.6 is 0 Å². The number of rotatable bonds is 3. The number of fused-ring (bicyclic) bond motifs is 2. The lowest BCUT2D eigenvalue weighted by atomic mass is 10.1. The van der Waals surface area contributed by atoms with Gasteiger partial charge in [0.1, 0.15) is 0 Å². The van der Waals surface area contributed by atoms with Gasteiger partial charge in [-0.15, -0.1) is 0 Å². The highest BCUT2D eigenvalue weighted by molar-refractivity contribution is 5.96. The molecule has 4 rings (SSSR count). The largest absolute Gasteiger partial charge is 0.454 e. The molecule has 1 aromatic carbocycles. The van der Waals surface area contributed by atoms with Crippen molar-refractivity contribution in [3.63, 3.8) is 0 Å². The fourth-order valence-electron chi connectivity index (χ4n) is 2.67. The quantitative estimate of drug-likeness (QED) is 0.736. The number of carbonyl (C=O) groups is 1. The van der Waals surface area contributed by atoms with Gasteiger partial charge in [0.2, 0.25) is 6.79 Å². The molecule has 0 bridgehead atoms. The fraction of sp³-hybridized carbons (Fsp3) is 0.235. The Morgan fingerprint density at radius 1 is 1.25 bits per heavy atom. The highest BCUT2D eigenvalue weighted by Crippen LogP contribution is 2.32. The van der Waals surface area contributed by atoms with E-state index in [9.17, 15) is 4.79 Å². The van der Waals surface area contributed by atoms with Gasteiger partial charge in [-0.1, -0.05) is 11.2 Å². The monoisotopic (exact) mass is 325 g/mol. The van der Waals surface area contributed by atoms with E-state index in [0.717, 1.165) is 16.7 Å². The third kappa shape index (κ3) is 2.44. The zero-order valence-corrected chi connectivity index (χ0v) is 13.3. The third-order valence-electron chi connectivity index (χ3n) is 3.96. The Hall–Kier alpha value is -3.09. The van der Waals surface area contributed by atoms with Gasteiger partial charge >= 0.3 is 0 Å². The molecule has 0 unspecified atom stereocenters. The molecule has 122 valence electrons. The second-order valence-corrected chi connectivity index (χ2v) is 5.69. The average Bonchev–Trinajstić information content (AvgIpc) is 3.20. The molecule has 7 nitrogen and oxygen atoms in total. The van der Waals surface area contributed by atoms with Gasteiger partial charge in [-0.2, -0.15) is 0 Å². The summed E-state index contributed by atoms with van der Waals surface area (Å²) in [6.07, 6.45) is 1.51. The normalized spacial score (nSPS) is 12.6. The highest BCUT2D eigenvalue weighted by Gasteiger charge is 2.18. The maximum atomic E-state index is 12.6. The molecule has 0 saturated carbocycles. The van der Waals surface area contributed by atoms with Crippen molar-refractivity contribution in [1.82, 2.24) is 15.0 Å². The van der Waals surface area contributed by atoms with Gasteiger partial charge in [-0.05, 0) is 30.7 Å². The molecule has 3 heterocycles. The number of aromatic nitrogens is 2. The number of ether oxygens (including phenoxy) is 2. The number of hydrogen-bond donors (Lipinski definition) is 0. The van der Waals surface area contributed by atoms with E-state index in [1.165, 1.54) is 6.20 Å². The van der Waals surface area contributed by atoms with E-state index in [0.29, 0.717) is 29.3 Å². The second kappa shape index (κ2) is 5.52. The van der Waals surface area contributed by atoms with Crippen LogP contribution in [-0.2, 0) is 6.54 Å². The molecule has 3 aromatic rings. The Morgan fingerprint density at radius 3 is 2.96 bits per heavy atom. The van der Waals surface area contributed by atoms with Crippen molar-refractivity contribution in [2.45, 2.75) is 13.5 Å². The van der Waals surface area contributed by atoms with Crippen molar-refractivity contribution in [3.05, 3.63) is 47.3 Å². The molecule has 1 amide bonds. The van der Waals surface area contributed by atoms with Crippen LogP contribution in [0, 0.1) is 6.92 Å². The van der Waals surface area contributed by atoms with E-state index in [1.54, 1.807) is 18.0 Å². The first-order chi connectivity index (χ1) is 11.6. The maximum absolute atomic E-state index is 12.6. The first-order valence-electron chi connectivity index (χ1n) is 7.48. The molecule has 0 radical (unpaired) electrons. The summed E-state index contributed by atoms with van der Waals surface area (Å²) in [6.45, 7) is 2.51. The van der Waals surface area contributed by atoms with Crippen LogP contribution in [0.5, 0.6) is 11.5 Å². The summed E-state index contributed by atoms with van der Waals surface area (Å²) in [4.78, 5) is 18.4. The summed E-state index contributed by atoms with van der Waals surface area (Å²) < 4.78 is 15.7. The van der Waals surface area contributed by atoms with E-state index in [-0.39, 0.29) is 12.7 Å². The lowest BCUT2D eigenvalue weighted by molar-refractivity contribution is 0.0784. The first kappa shape index (κ1) is 14.5. The van der Waals surface area contributed by atoms with Crippen molar-refractivity contribution < 1.29 is 18.8 Å². The van der Waals surface area contributed by atoms with Gasteiger partial charge in [0.15, 0.2) is 11.5 Å². The molecule has 0 fully saturated rings. The third-order valence-corrected chi connectivity index (χ3v) is 3.96. The molecule has 2 aromatic heterocycles. The molecule has 0 spiro atoms. The van der Waals surface area contributed by atoms with Crippen molar-refractivity contribution in [3.8, 4) is 11.5 Å². The minimum Gasteiger partial charge on any atom is -0.454 e. The number of amides is 1. The standard InChI is InChI=1S/C17H15N3O4/c1-10-13-6-12(7-18-16(13)24-19-10)17(21)20(2)8-11-3-4-14-15(5-11)23-9-22-14/h3-7H,8-9H2,1-2H3. The molecule has 24 heavy (non-hydrogen) atoms. The molecule has 0 atom stereocenters. The molecule has 1 aliphatic rings. The van der Waals surface area contributed by atoms with Crippen molar-refractivity contribution >= 4 is 17.0 Å². The molecule has 0 N–H and O–H groups in total. The van der Waals surface area contributed by atoms with E-state index in [2.05, 4.69) is 10.1 Å². The smallest absolute Gasteiger partial charge is 0.257 e. The Kier molecular flexibility index (Phi) is 3.34. The van der Waals surface area contributed by atoms with Crippen LogP contribution in [-0.4, -0.2) is 34.8 Å². The number of aryl methyl sites for hydroxylation is 1. The number of pyridine rings is 1. The summed E-state index contributed by atoms with van der Waals surface area (Å²) in [5, 5.41) is 4.60. The van der Waals surface area contributed by atoms with Gasteiger partial charge < -0.3 is 18.9 Å². The van der Waals surface area contributed by atoms with Crippen LogP contribution in [0.15, 0.2) is 35.0 Å². The van der Waals surface area contributed by atoms with Gasteiger partial charge in [0, 0.05) is 19.8 Å². The predicted octanol–water partition coefficient (Wildman–Crippen LogP) is 2.53.